The third-order valence-corrected chi connectivity index (χ3v) is 5.61. The van der Waals surface area contributed by atoms with Gasteiger partial charge in [-0.05, 0) is 29.7 Å². The lowest BCUT2D eigenvalue weighted by Crippen LogP contribution is -2.54. The van der Waals surface area contributed by atoms with E-state index >= 15 is 0 Å². The summed E-state index contributed by atoms with van der Waals surface area (Å²) in [5.41, 5.74) is 6.84. The first-order chi connectivity index (χ1) is 17.6. The number of pyridine rings is 1. The summed E-state index contributed by atoms with van der Waals surface area (Å²) in [6, 6.07) is 6.43. The molecule has 3 heterocycles. The lowest BCUT2D eigenvalue weighted by Gasteiger charge is -2.32. The Morgan fingerprint density at radius 3 is 2.35 bits per heavy atom. The number of halogens is 3. The number of anilines is 1. The Bertz CT molecular complexity index is 1170. The highest BCUT2D eigenvalue weighted by Gasteiger charge is 2.32. The first kappa shape index (κ1) is 37.1. The Hall–Kier alpha value is -2.92. The van der Waals surface area contributed by atoms with Crippen molar-refractivity contribution in [2.24, 2.45) is 11.7 Å². The van der Waals surface area contributed by atoms with Crippen LogP contribution in [-0.2, 0) is 23.3 Å². The number of amides is 2. The normalized spacial score (nSPS) is 11.4. The molecule has 0 aliphatic heterocycles. The number of nitrogens with zero attached hydrogens (tertiary/aromatic N) is 4. The zero-order chi connectivity index (χ0) is 27.0. The van der Waals surface area contributed by atoms with Crippen LogP contribution in [-0.4, -0.2) is 50.8 Å². The van der Waals surface area contributed by atoms with Gasteiger partial charge in [0.25, 0.3) is 5.91 Å². The van der Waals surface area contributed by atoms with E-state index in [1.54, 1.807) is 30.8 Å². The Labute approximate surface area is 254 Å². The summed E-state index contributed by atoms with van der Waals surface area (Å²) < 4.78 is 5.43. The third kappa shape index (κ3) is 10.2. The summed E-state index contributed by atoms with van der Waals surface area (Å²) in [7, 11) is 0. The Morgan fingerprint density at radius 1 is 1.07 bits per heavy atom. The predicted molar refractivity (Wildman–Crippen MR) is 163 cm³/mol. The Balaban J connectivity index is 0.00000507. The maximum Gasteiger partial charge on any atom is 0.259 e. The van der Waals surface area contributed by atoms with Crippen molar-refractivity contribution in [1.29, 1.82) is 0 Å². The molecule has 3 aromatic rings. The number of carbonyl (C=O) groups is 2. The summed E-state index contributed by atoms with van der Waals surface area (Å²) in [5.74, 6) is 1.05. The maximum atomic E-state index is 13.9. The average molecular weight is 617 g/mol. The van der Waals surface area contributed by atoms with Gasteiger partial charge in [0.15, 0.2) is 0 Å². The van der Waals surface area contributed by atoms with E-state index in [9.17, 15) is 9.59 Å². The molecule has 0 aromatic carbocycles. The monoisotopic (exact) mass is 615 g/mol. The van der Waals surface area contributed by atoms with Crippen LogP contribution < -0.4 is 16.4 Å². The molecule has 0 radical (unpaired) electrons. The van der Waals surface area contributed by atoms with Crippen molar-refractivity contribution < 1.29 is 14.0 Å². The van der Waals surface area contributed by atoms with Gasteiger partial charge in [-0.2, -0.15) is 0 Å². The molecular weight excluding hydrogens is 577 g/mol. The quantitative estimate of drug-likeness (QED) is 0.288. The predicted octanol–water partition coefficient (Wildman–Crippen LogP) is 4.38. The van der Waals surface area contributed by atoms with Gasteiger partial charge in [-0.25, -0.2) is 9.97 Å². The van der Waals surface area contributed by atoms with Crippen molar-refractivity contribution in [3.63, 3.8) is 0 Å². The third-order valence-electron chi connectivity index (χ3n) is 5.61. The van der Waals surface area contributed by atoms with Crippen LogP contribution >= 0.6 is 37.2 Å². The van der Waals surface area contributed by atoms with Crippen molar-refractivity contribution in [2.75, 3.05) is 18.4 Å². The Morgan fingerprint density at radius 2 is 1.80 bits per heavy atom. The Kier molecular flexibility index (Phi) is 15.8. The summed E-state index contributed by atoms with van der Waals surface area (Å²) in [5, 5.41) is 6.10. The van der Waals surface area contributed by atoms with Gasteiger partial charge in [0.1, 0.15) is 29.0 Å². The molecule has 0 fully saturated rings. The van der Waals surface area contributed by atoms with Crippen LogP contribution in [0.3, 0.4) is 0 Å². The highest BCUT2D eigenvalue weighted by Crippen LogP contribution is 2.24. The van der Waals surface area contributed by atoms with Crippen LogP contribution in [0.25, 0.3) is 0 Å². The molecule has 3 aromatic heterocycles. The highest BCUT2D eigenvalue weighted by molar-refractivity contribution is 6.01. The molecule has 0 saturated heterocycles. The minimum absolute atomic E-state index is 0. The number of carbonyl (C=O) groups excluding carboxylic acids is 2. The number of hydrogen-bond acceptors (Lipinski definition) is 8. The minimum atomic E-state index is -0.869. The van der Waals surface area contributed by atoms with Gasteiger partial charge >= 0.3 is 0 Å². The fraction of sp³-hybridized carbons (Fsp3) is 0.444. The molecule has 13 heteroatoms. The number of aromatic nitrogens is 3. The van der Waals surface area contributed by atoms with Crippen LogP contribution in [0.1, 0.15) is 62.1 Å². The molecule has 1 atom stereocenters. The molecule has 3 rings (SSSR count). The zero-order valence-corrected chi connectivity index (χ0v) is 25.9. The van der Waals surface area contributed by atoms with Crippen molar-refractivity contribution >= 4 is 54.9 Å². The summed E-state index contributed by atoms with van der Waals surface area (Å²) in [6.07, 6.45) is 6.46. The molecule has 0 aliphatic rings. The SMILES string of the molecule is CC(C)CN(C(=O)c1cnc(C(C)(C)C)nc1NCc1ccco1)[C@@H](CN)C(=O)NCc1cccnc1.Cl.Cl.Cl. The van der Waals surface area contributed by atoms with Crippen LogP contribution in [0.5, 0.6) is 0 Å². The zero-order valence-electron chi connectivity index (χ0n) is 23.4. The largest absolute Gasteiger partial charge is 0.467 e. The summed E-state index contributed by atoms with van der Waals surface area (Å²) in [4.78, 5) is 41.9. The molecule has 2 amide bonds. The van der Waals surface area contributed by atoms with E-state index in [2.05, 4.69) is 25.6 Å². The van der Waals surface area contributed by atoms with E-state index < -0.39 is 6.04 Å². The first-order valence-corrected chi connectivity index (χ1v) is 12.4. The van der Waals surface area contributed by atoms with E-state index in [0.717, 1.165) is 5.56 Å². The second-order valence-electron chi connectivity index (χ2n) is 10.3. The fourth-order valence-corrected chi connectivity index (χ4v) is 3.70. The van der Waals surface area contributed by atoms with Crippen LogP contribution in [0.4, 0.5) is 5.82 Å². The van der Waals surface area contributed by atoms with Gasteiger partial charge in [-0.1, -0.05) is 40.7 Å². The van der Waals surface area contributed by atoms with E-state index in [1.807, 2.05) is 46.8 Å². The molecule has 10 nitrogen and oxygen atoms in total. The lowest BCUT2D eigenvalue weighted by molar-refractivity contribution is -0.125. The van der Waals surface area contributed by atoms with Crippen molar-refractivity contribution in [3.8, 4) is 0 Å². The van der Waals surface area contributed by atoms with Gasteiger partial charge in [-0.3, -0.25) is 14.6 Å². The second kappa shape index (κ2) is 17.0. The number of hydrogen-bond donors (Lipinski definition) is 3. The molecule has 0 spiro atoms. The minimum Gasteiger partial charge on any atom is -0.467 e. The van der Waals surface area contributed by atoms with E-state index in [1.165, 1.54) is 11.1 Å². The van der Waals surface area contributed by atoms with E-state index in [0.29, 0.717) is 30.5 Å². The molecule has 0 bridgehead atoms. The molecule has 0 aliphatic carbocycles. The van der Waals surface area contributed by atoms with Crippen molar-refractivity contribution in [1.82, 2.24) is 25.2 Å². The average Bonchev–Trinajstić information content (AvgIpc) is 3.39. The van der Waals surface area contributed by atoms with Crippen LogP contribution in [0.15, 0.2) is 53.5 Å². The number of nitrogens with one attached hydrogen (secondary N) is 2. The molecular formula is C27H40Cl3N7O3. The molecule has 4 N–H and O–H groups in total. The summed E-state index contributed by atoms with van der Waals surface area (Å²) >= 11 is 0. The van der Waals surface area contributed by atoms with Gasteiger partial charge in [0.2, 0.25) is 5.91 Å². The molecule has 0 unspecified atom stereocenters. The van der Waals surface area contributed by atoms with Gasteiger partial charge in [-0.15, -0.1) is 37.2 Å². The van der Waals surface area contributed by atoms with Crippen LogP contribution in [0, 0.1) is 5.92 Å². The highest BCUT2D eigenvalue weighted by atomic mass is 35.5. The standard InChI is InChI=1S/C27H37N7O3.3ClH/c1-18(2)17-34(22(12-28)24(35)31-14-19-8-6-10-29-13-19)25(36)21-16-32-26(27(3,4)5)33-23(21)30-15-20-9-7-11-37-20;;;/h6-11,13,16,18,22H,12,14-15,17,28H2,1-5H3,(H,31,35)(H,30,32,33);3*1H/t22-;;;/m0.../s1. The lowest BCUT2D eigenvalue weighted by atomic mass is 9.95. The number of nitrogens with two attached hydrogens (primary N) is 1. The summed E-state index contributed by atoms with van der Waals surface area (Å²) in [6.45, 7) is 10.9. The van der Waals surface area contributed by atoms with Gasteiger partial charge < -0.3 is 25.7 Å². The second-order valence-corrected chi connectivity index (χ2v) is 10.3. The topological polar surface area (TPSA) is 139 Å². The van der Waals surface area contributed by atoms with Crippen molar-refractivity contribution in [2.45, 2.75) is 59.2 Å². The number of rotatable bonds is 11. The smallest absolute Gasteiger partial charge is 0.259 e. The van der Waals surface area contributed by atoms with Crippen LogP contribution in [0.2, 0.25) is 0 Å². The number of furan rings is 1. The van der Waals surface area contributed by atoms with E-state index in [-0.39, 0.29) is 79.0 Å². The van der Waals surface area contributed by atoms with E-state index in [4.69, 9.17) is 10.2 Å². The molecule has 40 heavy (non-hydrogen) atoms. The fourth-order valence-electron chi connectivity index (χ4n) is 3.70. The molecule has 0 saturated carbocycles. The first-order valence-electron chi connectivity index (χ1n) is 12.4. The maximum absolute atomic E-state index is 13.9. The van der Waals surface area contributed by atoms with Gasteiger partial charge in [0, 0.05) is 43.6 Å². The van der Waals surface area contributed by atoms with Crippen molar-refractivity contribution in [3.05, 3.63) is 71.8 Å². The molecule has 222 valence electrons. The van der Waals surface area contributed by atoms with Gasteiger partial charge in [0.05, 0.1) is 12.8 Å².